The van der Waals surface area contributed by atoms with Gasteiger partial charge in [0.05, 0.1) is 34.4 Å². The van der Waals surface area contributed by atoms with E-state index in [0.717, 1.165) is 64.2 Å². The Morgan fingerprint density at radius 3 is 0.887 bits per heavy atom. The highest BCUT2D eigenvalue weighted by Crippen LogP contribution is 2.20. The van der Waals surface area contributed by atoms with E-state index in [0.29, 0.717) is 17.4 Å². The second-order valence-electron chi connectivity index (χ2n) is 30.1. The Morgan fingerprint density at radius 2 is 0.588 bits per heavy atom. The van der Waals surface area contributed by atoms with Gasteiger partial charge in [0.25, 0.3) is 6.29 Å². The zero-order valence-corrected chi connectivity index (χ0v) is 65.3. The molecule has 1 N–H and O–H groups in total. The van der Waals surface area contributed by atoms with E-state index in [4.69, 9.17) is 18.9 Å². The minimum Gasteiger partial charge on any atom is -0.477 e. The third-order valence-corrected chi connectivity index (χ3v) is 19.3. The van der Waals surface area contributed by atoms with Gasteiger partial charge in [-0.25, -0.2) is 4.79 Å². The predicted octanol–water partition coefficient (Wildman–Crippen LogP) is 27.4. The largest absolute Gasteiger partial charge is 0.477 e. The maximum Gasteiger partial charge on any atom is 0.361 e. The van der Waals surface area contributed by atoms with Crippen LogP contribution in [-0.2, 0) is 33.3 Å². The molecule has 0 aliphatic heterocycles. The normalized spacial score (nSPS) is 12.9. The summed E-state index contributed by atoms with van der Waals surface area (Å²) in [5.74, 6) is -1.97. The number of rotatable bonds is 80. The molecule has 9 heteroatoms. The van der Waals surface area contributed by atoms with Gasteiger partial charge >= 0.3 is 17.9 Å². The minimum absolute atomic E-state index is 0.176. The molecule has 0 amide bonds. The lowest BCUT2D eigenvalue weighted by Gasteiger charge is -2.25. The van der Waals surface area contributed by atoms with Gasteiger partial charge in [-0.2, -0.15) is 0 Å². The molecule has 0 heterocycles. The first-order valence-corrected chi connectivity index (χ1v) is 42.5. The molecule has 9 nitrogen and oxygen atoms in total. The number of esters is 2. The molecule has 2 atom stereocenters. The molecule has 0 fully saturated rings. The van der Waals surface area contributed by atoms with E-state index in [2.05, 4.69) is 74.6 Å². The topological polar surface area (TPSA) is 108 Å². The van der Waals surface area contributed by atoms with Gasteiger partial charge in [-0.3, -0.25) is 9.59 Å². The number of nitrogens with zero attached hydrogens (tertiary/aromatic N) is 1. The Bertz CT molecular complexity index is 1780. The first kappa shape index (κ1) is 94.0. The van der Waals surface area contributed by atoms with Crippen molar-refractivity contribution in [1.29, 1.82) is 0 Å². The van der Waals surface area contributed by atoms with Gasteiger partial charge in [0, 0.05) is 12.8 Å². The monoisotopic (exact) mass is 1360 g/mol. The standard InChI is InChI=1S/C88H163NO8/c1-6-8-10-12-14-16-18-20-22-24-26-28-30-32-34-36-38-39-40-41-42-43-44-45-46-47-49-51-53-55-57-59-61-63-65-67-69-71-73-75-77-79-86(91)97-84(83-96-88(87(92)93)94-81-80-89(3,4)5)82-95-85(90)78-76-74-72-70-68-66-64-62-60-58-56-54-52-50-48-37-35-33-31-29-27-25-23-21-19-17-15-13-11-9-7-2/h8,10,14,16,20,22,25-28,84,88H,6-7,9,11-13,15,17-19,21,23-24,29-83H2,1-5H3/p+1/b10-8-,16-14-,22-20-,27-25-,28-26-. The van der Waals surface area contributed by atoms with Crippen molar-refractivity contribution in [3.63, 3.8) is 0 Å². The van der Waals surface area contributed by atoms with Crippen LogP contribution in [0.1, 0.15) is 425 Å². The van der Waals surface area contributed by atoms with Crippen LogP contribution in [-0.4, -0.2) is 87.4 Å². The molecule has 97 heavy (non-hydrogen) atoms. The number of carboxylic acids is 1. The van der Waals surface area contributed by atoms with Crippen molar-refractivity contribution >= 4 is 17.9 Å². The number of hydrogen-bond acceptors (Lipinski definition) is 7. The van der Waals surface area contributed by atoms with Crippen LogP contribution in [0.4, 0.5) is 0 Å². The van der Waals surface area contributed by atoms with E-state index >= 15 is 0 Å². The first-order valence-electron chi connectivity index (χ1n) is 42.5. The van der Waals surface area contributed by atoms with Crippen molar-refractivity contribution < 1.29 is 42.9 Å². The molecule has 0 aromatic rings. The number of aliphatic carboxylic acids is 1. The van der Waals surface area contributed by atoms with Crippen molar-refractivity contribution in [2.75, 3.05) is 47.5 Å². The number of carbonyl (C=O) groups is 3. The molecule has 0 aliphatic carbocycles. The number of likely N-dealkylation sites (N-methyl/N-ethyl adjacent to an activating group) is 1. The van der Waals surface area contributed by atoms with Crippen molar-refractivity contribution in [3.8, 4) is 0 Å². The molecule has 0 aromatic carbocycles. The first-order chi connectivity index (χ1) is 47.6. The molecule has 0 aromatic heterocycles. The van der Waals surface area contributed by atoms with Crippen LogP contribution in [0.5, 0.6) is 0 Å². The summed E-state index contributed by atoms with van der Waals surface area (Å²) < 4.78 is 23.1. The van der Waals surface area contributed by atoms with Crippen LogP contribution in [0.2, 0.25) is 0 Å². The maximum absolute atomic E-state index is 13.0. The fraction of sp³-hybridized carbons (Fsp3) is 0.852. The summed E-state index contributed by atoms with van der Waals surface area (Å²) in [6, 6.07) is 0. The van der Waals surface area contributed by atoms with Crippen LogP contribution in [0.3, 0.4) is 0 Å². The van der Waals surface area contributed by atoms with E-state index in [1.165, 1.54) is 334 Å². The lowest BCUT2D eigenvalue weighted by molar-refractivity contribution is -0.870. The van der Waals surface area contributed by atoms with Crippen LogP contribution < -0.4 is 0 Å². The molecule has 568 valence electrons. The summed E-state index contributed by atoms with van der Waals surface area (Å²) in [7, 11) is 6.00. The van der Waals surface area contributed by atoms with Crippen LogP contribution >= 0.6 is 0 Å². The minimum atomic E-state index is -1.51. The summed E-state index contributed by atoms with van der Waals surface area (Å²) in [5.41, 5.74) is 0. The molecule has 0 spiro atoms. The molecule has 0 aliphatic rings. The van der Waals surface area contributed by atoms with Crippen LogP contribution in [0, 0.1) is 0 Å². The van der Waals surface area contributed by atoms with E-state index in [-0.39, 0.29) is 38.2 Å². The number of hydrogen-bond donors (Lipinski definition) is 1. The Kier molecular flexibility index (Phi) is 76.3. The number of quaternary nitrogens is 1. The molecule has 2 unspecified atom stereocenters. The number of carbonyl (C=O) groups excluding carboxylic acids is 2. The molecule has 0 radical (unpaired) electrons. The van der Waals surface area contributed by atoms with E-state index in [9.17, 15) is 19.5 Å². The zero-order valence-electron chi connectivity index (χ0n) is 65.3. The SMILES string of the molecule is CC/C=C\C/C=C\C/C=C\C/C=C\CCCCCCCCCCCCCCCCCCCCCCCCCCCCCCC(=O)OC(COC(=O)CCCCCCCCCCCCCCCCCCCCC/C=C\CCCCCCCCCC)COC(OCC[N+](C)(C)C)C(=O)O. The lowest BCUT2D eigenvalue weighted by Crippen LogP contribution is -2.40. The molecular weight excluding hydrogens is 1200 g/mol. The molecule has 0 saturated heterocycles. The maximum atomic E-state index is 13.0. The van der Waals surface area contributed by atoms with Gasteiger partial charge in [0.15, 0.2) is 6.10 Å². The number of allylic oxidation sites excluding steroid dienone is 10. The highest BCUT2D eigenvalue weighted by molar-refractivity contribution is 5.71. The predicted molar refractivity (Wildman–Crippen MR) is 420 cm³/mol. The highest BCUT2D eigenvalue weighted by atomic mass is 16.7. The third kappa shape index (κ3) is 80.2. The summed E-state index contributed by atoms with van der Waals surface area (Å²) in [5, 5.41) is 9.78. The fourth-order valence-corrected chi connectivity index (χ4v) is 12.8. The Hall–Kier alpha value is -3.01. The summed E-state index contributed by atoms with van der Waals surface area (Å²) in [6.45, 7) is 4.84. The quantitative estimate of drug-likeness (QED) is 0.0211. The van der Waals surface area contributed by atoms with Crippen molar-refractivity contribution in [2.24, 2.45) is 0 Å². The van der Waals surface area contributed by atoms with Crippen LogP contribution in [0.15, 0.2) is 60.8 Å². The Morgan fingerprint density at radius 1 is 0.320 bits per heavy atom. The Labute approximate surface area is 603 Å². The Balaban J connectivity index is 3.92. The summed E-state index contributed by atoms with van der Waals surface area (Å²) in [4.78, 5) is 37.8. The zero-order chi connectivity index (χ0) is 70.4. The highest BCUT2D eigenvalue weighted by Gasteiger charge is 2.25. The molecular formula is C88H164NO8+. The van der Waals surface area contributed by atoms with Gasteiger partial charge in [0.2, 0.25) is 0 Å². The van der Waals surface area contributed by atoms with Crippen molar-refractivity contribution in [3.05, 3.63) is 60.8 Å². The number of carboxylic acid groups (broad SMARTS) is 1. The lowest BCUT2D eigenvalue weighted by atomic mass is 10.0. The molecule has 0 rings (SSSR count). The van der Waals surface area contributed by atoms with E-state index < -0.39 is 18.4 Å². The second kappa shape index (κ2) is 78.7. The average Bonchev–Trinajstić information content (AvgIpc) is 3.27. The van der Waals surface area contributed by atoms with Crippen molar-refractivity contribution in [2.45, 2.75) is 437 Å². The number of ether oxygens (including phenoxy) is 4. The fourth-order valence-electron chi connectivity index (χ4n) is 12.8. The van der Waals surface area contributed by atoms with E-state index in [1.807, 2.05) is 21.1 Å². The van der Waals surface area contributed by atoms with Crippen LogP contribution in [0.25, 0.3) is 0 Å². The average molecular weight is 1360 g/mol. The summed E-state index contributed by atoms with van der Waals surface area (Å²) in [6.07, 6.45) is 103. The second-order valence-corrected chi connectivity index (χ2v) is 30.1. The number of unbranched alkanes of at least 4 members (excludes halogenated alkanes) is 55. The van der Waals surface area contributed by atoms with Crippen molar-refractivity contribution in [1.82, 2.24) is 0 Å². The van der Waals surface area contributed by atoms with Gasteiger partial charge in [-0.1, -0.05) is 396 Å². The van der Waals surface area contributed by atoms with Gasteiger partial charge in [0.1, 0.15) is 13.2 Å². The molecule has 0 bridgehead atoms. The third-order valence-electron chi connectivity index (χ3n) is 19.3. The summed E-state index contributed by atoms with van der Waals surface area (Å²) >= 11 is 0. The van der Waals surface area contributed by atoms with E-state index in [1.54, 1.807) is 0 Å². The smallest absolute Gasteiger partial charge is 0.361 e. The van der Waals surface area contributed by atoms with Gasteiger partial charge in [-0.05, 0) is 77.0 Å². The molecule has 0 saturated carbocycles. The van der Waals surface area contributed by atoms with Gasteiger partial charge < -0.3 is 28.5 Å². The van der Waals surface area contributed by atoms with Gasteiger partial charge in [-0.15, -0.1) is 0 Å².